The van der Waals surface area contributed by atoms with Crippen LogP contribution in [0.4, 0.5) is 11.4 Å². The molecule has 1 fully saturated rings. The molecule has 2 aromatic rings. The molecule has 1 saturated heterocycles. The predicted molar refractivity (Wildman–Crippen MR) is 102 cm³/mol. The van der Waals surface area contributed by atoms with Crippen LogP contribution in [0.1, 0.15) is 10.9 Å². The molecule has 0 aromatic heterocycles. The molecule has 0 radical (unpaired) electrons. The lowest BCUT2D eigenvalue weighted by Crippen LogP contribution is -2.27. The van der Waals surface area contributed by atoms with Gasteiger partial charge in [-0.05, 0) is 29.8 Å². The molecule has 1 aliphatic rings. The van der Waals surface area contributed by atoms with E-state index in [1.807, 2.05) is 0 Å². The molecular weight excluding hydrogens is 372 g/mol. The molecular formula is C18H18N2O6S. The second kappa shape index (κ2) is 7.75. The summed E-state index contributed by atoms with van der Waals surface area (Å²) in [6.07, 6.45) is 0. The van der Waals surface area contributed by atoms with E-state index in [1.165, 1.54) is 45.2 Å². The van der Waals surface area contributed by atoms with Crippen molar-refractivity contribution in [3.05, 3.63) is 52.1 Å². The van der Waals surface area contributed by atoms with Gasteiger partial charge in [0.2, 0.25) is 11.7 Å². The van der Waals surface area contributed by atoms with Crippen molar-refractivity contribution in [2.24, 2.45) is 0 Å². The Balaban J connectivity index is 2.02. The first-order valence-corrected chi connectivity index (χ1v) is 9.03. The number of hydrogen-bond donors (Lipinski definition) is 0. The number of nitrogens with zero attached hydrogens (tertiary/aromatic N) is 2. The first-order chi connectivity index (χ1) is 13.0. The lowest BCUT2D eigenvalue weighted by atomic mass is 10.1. The maximum atomic E-state index is 12.5. The second-order valence-corrected chi connectivity index (χ2v) is 6.73. The fourth-order valence-corrected chi connectivity index (χ4v) is 4.09. The number of thioether (sulfide) groups is 1. The van der Waals surface area contributed by atoms with Crippen molar-refractivity contribution >= 4 is 29.0 Å². The molecule has 27 heavy (non-hydrogen) atoms. The van der Waals surface area contributed by atoms with E-state index in [9.17, 15) is 14.9 Å². The molecule has 9 heteroatoms. The molecule has 0 bridgehead atoms. The van der Waals surface area contributed by atoms with Gasteiger partial charge >= 0.3 is 0 Å². The monoisotopic (exact) mass is 390 g/mol. The van der Waals surface area contributed by atoms with Crippen LogP contribution in [-0.4, -0.2) is 37.9 Å². The Labute approximate surface area is 160 Å². The lowest BCUT2D eigenvalue weighted by molar-refractivity contribution is -0.384. The molecule has 1 atom stereocenters. The van der Waals surface area contributed by atoms with E-state index < -0.39 is 4.92 Å². The van der Waals surface area contributed by atoms with E-state index in [0.717, 1.165) is 5.56 Å². The summed E-state index contributed by atoms with van der Waals surface area (Å²) < 4.78 is 16.1. The number of methoxy groups -OCH3 is 3. The third-order valence-corrected chi connectivity index (χ3v) is 5.39. The largest absolute Gasteiger partial charge is 0.493 e. The summed E-state index contributed by atoms with van der Waals surface area (Å²) in [5, 5.41) is 10.6. The standard InChI is InChI=1S/C18H18N2O6S/c1-24-14-8-11(9-15(25-2)17(14)26-3)18-19(16(21)10-27-18)12-4-6-13(7-5-12)20(22)23/h4-9,18H,10H2,1-3H3. The van der Waals surface area contributed by atoms with Crippen molar-refractivity contribution in [1.29, 1.82) is 0 Å². The maximum Gasteiger partial charge on any atom is 0.269 e. The molecule has 1 unspecified atom stereocenters. The fraction of sp³-hybridized carbons (Fsp3) is 0.278. The van der Waals surface area contributed by atoms with Gasteiger partial charge in [0.25, 0.3) is 5.69 Å². The van der Waals surface area contributed by atoms with Gasteiger partial charge in [0.05, 0.1) is 32.0 Å². The van der Waals surface area contributed by atoms with Crippen molar-refractivity contribution in [3.8, 4) is 17.2 Å². The highest BCUT2D eigenvalue weighted by Crippen LogP contribution is 2.47. The van der Waals surface area contributed by atoms with Gasteiger partial charge in [0, 0.05) is 17.8 Å². The highest BCUT2D eigenvalue weighted by Gasteiger charge is 2.35. The van der Waals surface area contributed by atoms with Crippen molar-refractivity contribution in [3.63, 3.8) is 0 Å². The number of carbonyl (C=O) groups excluding carboxylic acids is 1. The van der Waals surface area contributed by atoms with Gasteiger partial charge in [-0.25, -0.2) is 0 Å². The van der Waals surface area contributed by atoms with Crippen LogP contribution in [0, 0.1) is 10.1 Å². The van der Waals surface area contributed by atoms with Gasteiger partial charge in [-0.15, -0.1) is 11.8 Å². The number of hydrogen-bond acceptors (Lipinski definition) is 7. The number of amides is 1. The molecule has 3 rings (SSSR count). The fourth-order valence-electron chi connectivity index (χ4n) is 2.93. The number of rotatable bonds is 6. The zero-order chi connectivity index (χ0) is 19.6. The number of carbonyl (C=O) groups is 1. The van der Waals surface area contributed by atoms with Crippen molar-refractivity contribution in [2.45, 2.75) is 5.37 Å². The van der Waals surface area contributed by atoms with Crippen LogP contribution < -0.4 is 19.1 Å². The van der Waals surface area contributed by atoms with Crippen LogP contribution in [0.5, 0.6) is 17.2 Å². The normalized spacial score (nSPS) is 16.3. The van der Waals surface area contributed by atoms with Crippen LogP contribution >= 0.6 is 11.8 Å². The SMILES string of the molecule is COc1cc(C2SCC(=O)N2c2ccc([N+](=O)[O-])cc2)cc(OC)c1OC. The molecule has 8 nitrogen and oxygen atoms in total. The average molecular weight is 390 g/mol. The van der Waals surface area contributed by atoms with Crippen LogP contribution in [0.15, 0.2) is 36.4 Å². The zero-order valence-corrected chi connectivity index (χ0v) is 15.8. The predicted octanol–water partition coefficient (Wildman–Crippen LogP) is 3.40. The minimum Gasteiger partial charge on any atom is -0.493 e. The summed E-state index contributed by atoms with van der Waals surface area (Å²) in [6, 6.07) is 9.53. The summed E-state index contributed by atoms with van der Waals surface area (Å²) in [4.78, 5) is 24.5. The van der Waals surface area contributed by atoms with Crippen LogP contribution in [-0.2, 0) is 4.79 Å². The Morgan fingerprint density at radius 3 is 2.15 bits per heavy atom. The summed E-state index contributed by atoms with van der Waals surface area (Å²) in [6.45, 7) is 0. The molecule has 142 valence electrons. The summed E-state index contributed by atoms with van der Waals surface area (Å²) in [7, 11) is 4.58. The maximum absolute atomic E-state index is 12.5. The topological polar surface area (TPSA) is 91.1 Å². The minimum atomic E-state index is -0.471. The third kappa shape index (κ3) is 3.50. The molecule has 1 aliphatic heterocycles. The first kappa shape index (κ1) is 18.8. The van der Waals surface area contributed by atoms with Gasteiger partial charge in [0.1, 0.15) is 5.37 Å². The van der Waals surface area contributed by atoms with E-state index in [0.29, 0.717) is 28.7 Å². The quantitative estimate of drug-likeness (QED) is 0.551. The molecule has 0 saturated carbocycles. The molecule has 1 heterocycles. The molecule has 0 spiro atoms. The Bertz CT molecular complexity index is 846. The Morgan fingerprint density at radius 1 is 1.07 bits per heavy atom. The summed E-state index contributed by atoms with van der Waals surface area (Å²) in [5.41, 5.74) is 1.37. The zero-order valence-electron chi connectivity index (χ0n) is 15.0. The lowest BCUT2D eigenvalue weighted by Gasteiger charge is -2.25. The molecule has 2 aromatic carbocycles. The smallest absolute Gasteiger partial charge is 0.269 e. The van der Waals surface area contributed by atoms with Crippen molar-refractivity contribution < 1.29 is 23.9 Å². The van der Waals surface area contributed by atoms with Crippen molar-refractivity contribution in [2.75, 3.05) is 32.0 Å². The number of nitro groups is 1. The van der Waals surface area contributed by atoms with Gasteiger partial charge in [-0.2, -0.15) is 0 Å². The first-order valence-electron chi connectivity index (χ1n) is 7.98. The van der Waals surface area contributed by atoms with E-state index in [2.05, 4.69) is 0 Å². The Morgan fingerprint density at radius 2 is 1.67 bits per heavy atom. The molecule has 0 N–H and O–H groups in total. The molecule has 0 aliphatic carbocycles. The summed E-state index contributed by atoms with van der Waals surface area (Å²) >= 11 is 1.46. The van der Waals surface area contributed by atoms with Gasteiger partial charge in [0.15, 0.2) is 11.5 Å². The summed E-state index contributed by atoms with van der Waals surface area (Å²) in [5.74, 6) is 1.69. The second-order valence-electron chi connectivity index (χ2n) is 5.66. The number of nitro benzene ring substituents is 1. The van der Waals surface area contributed by atoms with Gasteiger partial charge in [-0.3, -0.25) is 19.8 Å². The molecule has 1 amide bonds. The van der Waals surface area contributed by atoms with E-state index in [4.69, 9.17) is 14.2 Å². The highest BCUT2D eigenvalue weighted by atomic mass is 32.2. The van der Waals surface area contributed by atoms with Crippen LogP contribution in [0.25, 0.3) is 0 Å². The average Bonchev–Trinajstić information content (AvgIpc) is 3.08. The van der Waals surface area contributed by atoms with Crippen LogP contribution in [0.3, 0.4) is 0 Å². The minimum absolute atomic E-state index is 0.0256. The Hall–Kier alpha value is -2.94. The van der Waals surface area contributed by atoms with Crippen LogP contribution in [0.2, 0.25) is 0 Å². The highest BCUT2D eigenvalue weighted by molar-refractivity contribution is 8.00. The Kier molecular flexibility index (Phi) is 5.41. The number of anilines is 1. The number of non-ortho nitro benzene ring substituents is 1. The van der Waals surface area contributed by atoms with Gasteiger partial charge < -0.3 is 14.2 Å². The number of ether oxygens (including phenoxy) is 3. The van der Waals surface area contributed by atoms with Crippen molar-refractivity contribution in [1.82, 2.24) is 0 Å². The van der Waals surface area contributed by atoms with Gasteiger partial charge in [-0.1, -0.05) is 0 Å². The van der Waals surface area contributed by atoms with E-state index >= 15 is 0 Å². The van der Waals surface area contributed by atoms with E-state index in [1.54, 1.807) is 29.2 Å². The van der Waals surface area contributed by atoms with E-state index in [-0.39, 0.29) is 17.0 Å². The number of benzene rings is 2. The third-order valence-electron chi connectivity index (χ3n) is 4.18.